The number of aromatic nitrogens is 1. The summed E-state index contributed by atoms with van der Waals surface area (Å²) in [6.45, 7) is -0.290. The second-order valence-corrected chi connectivity index (χ2v) is 8.36. The second kappa shape index (κ2) is 11.7. The van der Waals surface area contributed by atoms with E-state index in [0.29, 0.717) is 17.1 Å². The molecule has 4 aromatic rings. The minimum atomic E-state index is -0.549. The van der Waals surface area contributed by atoms with Crippen molar-refractivity contribution in [3.8, 4) is 11.5 Å². The lowest BCUT2D eigenvalue weighted by molar-refractivity contribution is -0.127. The molecule has 0 fully saturated rings. The van der Waals surface area contributed by atoms with Gasteiger partial charge in [-0.25, -0.2) is 0 Å². The fourth-order valence-corrected chi connectivity index (χ4v) is 3.96. The molecule has 0 saturated heterocycles. The van der Waals surface area contributed by atoms with E-state index in [-0.39, 0.29) is 18.2 Å². The molecule has 3 aromatic carbocycles. The van der Waals surface area contributed by atoms with Crippen molar-refractivity contribution in [1.82, 2.24) is 21.2 Å². The summed E-state index contributed by atoms with van der Waals surface area (Å²) in [5, 5.41) is 3.50. The average molecular weight is 487 g/mol. The number of carbonyl (C=O) groups excluding carboxylic acids is 3. The number of nitrogens with zero attached hydrogens (tertiary/aromatic N) is 1. The molecule has 0 aliphatic carbocycles. The van der Waals surface area contributed by atoms with Crippen LogP contribution in [0.3, 0.4) is 0 Å². The molecule has 0 atom stereocenters. The summed E-state index contributed by atoms with van der Waals surface area (Å²) in [5.74, 6) is 0.0293. The maximum Gasteiger partial charge on any atom is 0.257 e. The zero-order valence-corrected chi connectivity index (χ0v) is 19.4. The first-order valence-corrected chi connectivity index (χ1v) is 11.7. The van der Waals surface area contributed by atoms with Gasteiger partial charge >= 0.3 is 0 Å². The van der Waals surface area contributed by atoms with E-state index in [1.54, 1.807) is 30.5 Å². The number of ether oxygens (including phenoxy) is 1. The number of fused-ring (bicyclic) bond motifs is 1. The Balaban J connectivity index is 1.18. The van der Waals surface area contributed by atoms with Crippen LogP contribution in [0.1, 0.15) is 10.4 Å². The van der Waals surface area contributed by atoms with Gasteiger partial charge in [0.2, 0.25) is 5.91 Å². The van der Waals surface area contributed by atoms with Crippen LogP contribution in [0.2, 0.25) is 0 Å². The van der Waals surface area contributed by atoms with E-state index in [4.69, 9.17) is 4.74 Å². The van der Waals surface area contributed by atoms with Crippen LogP contribution in [0, 0.1) is 0 Å². The molecule has 0 aliphatic rings. The lowest BCUT2D eigenvalue weighted by Gasteiger charge is -2.10. The van der Waals surface area contributed by atoms with Gasteiger partial charge in [0.05, 0.1) is 17.8 Å². The summed E-state index contributed by atoms with van der Waals surface area (Å²) >= 11 is 1.32. The van der Waals surface area contributed by atoms with Crippen molar-refractivity contribution in [2.45, 2.75) is 4.90 Å². The Kier molecular flexibility index (Phi) is 7.92. The molecule has 0 saturated carbocycles. The first-order chi connectivity index (χ1) is 17.1. The third-order valence-corrected chi connectivity index (χ3v) is 5.85. The van der Waals surface area contributed by atoms with Crippen LogP contribution in [0.5, 0.6) is 11.5 Å². The van der Waals surface area contributed by atoms with Gasteiger partial charge in [0.15, 0.2) is 0 Å². The van der Waals surface area contributed by atoms with E-state index >= 15 is 0 Å². The number of para-hydroxylation sites is 2. The highest BCUT2D eigenvalue weighted by molar-refractivity contribution is 8.00. The number of thioether (sulfide) groups is 1. The fraction of sp³-hybridized carbons (Fsp3) is 0.0769. The summed E-state index contributed by atoms with van der Waals surface area (Å²) in [6.07, 6.45) is 1.70. The smallest absolute Gasteiger partial charge is 0.257 e. The van der Waals surface area contributed by atoms with E-state index in [9.17, 15) is 14.4 Å². The van der Waals surface area contributed by atoms with Gasteiger partial charge in [-0.1, -0.05) is 36.4 Å². The second-order valence-electron chi connectivity index (χ2n) is 7.34. The molecule has 9 heteroatoms. The van der Waals surface area contributed by atoms with Gasteiger partial charge in [0.1, 0.15) is 11.5 Å². The maximum absolute atomic E-state index is 12.3. The molecular formula is C26H22N4O4S. The molecule has 1 aromatic heterocycles. The van der Waals surface area contributed by atoms with Crippen molar-refractivity contribution in [2.24, 2.45) is 0 Å². The van der Waals surface area contributed by atoms with E-state index in [2.05, 4.69) is 21.2 Å². The van der Waals surface area contributed by atoms with E-state index in [1.165, 1.54) is 11.8 Å². The largest absolute Gasteiger partial charge is 0.457 e. The van der Waals surface area contributed by atoms with E-state index in [1.807, 2.05) is 60.7 Å². The first kappa shape index (κ1) is 23.8. The van der Waals surface area contributed by atoms with Gasteiger partial charge in [-0.05, 0) is 48.5 Å². The lowest BCUT2D eigenvalue weighted by Crippen LogP contribution is -2.46. The van der Waals surface area contributed by atoms with Crippen LogP contribution in [0.4, 0.5) is 0 Å². The van der Waals surface area contributed by atoms with Crippen molar-refractivity contribution < 1.29 is 19.1 Å². The molecule has 0 unspecified atom stereocenters. The van der Waals surface area contributed by atoms with Gasteiger partial charge in [-0.3, -0.25) is 30.2 Å². The zero-order chi connectivity index (χ0) is 24.5. The van der Waals surface area contributed by atoms with Crippen molar-refractivity contribution in [2.75, 3.05) is 12.3 Å². The van der Waals surface area contributed by atoms with Crippen LogP contribution in [-0.2, 0) is 9.59 Å². The molecule has 0 radical (unpaired) electrons. The Morgan fingerprint density at radius 3 is 2.29 bits per heavy atom. The number of hydrogen-bond acceptors (Lipinski definition) is 6. The SMILES string of the molecule is O=C(CNC(=O)c1ccc(Oc2ccccc2)cc1)NNC(=O)CSc1cccc2cccnc12. The summed E-state index contributed by atoms with van der Waals surface area (Å²) in [4.78, 5) is 41.6. The van der Waals surface area contributed by atoms with Gasteiger partial charge < -0.3 is 10.1 Å². The van der Waals surface area contributed by atoms with Crippen LogP contribution in [0.15, 0.2) is 96.0 Å². The summed E-state index contributed by atoms with van der Waals surface area (Å²) < 4.78 is 5.69. The highest BCUT2D eigenvalue weighted by Gasteiger charge is 2.11. The Labute approximate surface area is 206 Å². The van der Waals surface area contributed by atoms with Crippen LogP contribution >= 0.6 is 11.8 Å². The Morgan fingerprint density at radius 1 is 0.771 bits per heavy atom. The van der Waals surface area contributed by atoms with Crippen molar-refractivity contribution in [3.63, 3.8) is 0 Å². The summed E-state index contributed by atoms with van der Waals surface area (Å²) in [5.41, 5.74) is 5.84. The van der Waals surface area contributed by atoms with E-state index in [0.717, 1.165) is 15.8 Å². The molecule has 0 spiro atoms. The number of carbonyl (C=O) groups is 3. The van der Waals surface area contributed by atoms with Gasteiger partial charge in [0.25, 0.3) is 11.8 Å². The molecule has 0 bridgehead atoms. The average Bonchev–Trinajstić information content (AvgIpc) is 2.90. The minimum Gasteiger partial charge on any atom is -0.457 e. The number of pyridine rings is 1. The topological polar surface area (TPSA) is 109 Å². The van der Waals surface area contributed by atoms with Crippen molar-refractivity contribution in [1.29, 1.82) is 0 Å². The molecule has 3 amide bonds. The standard InChI is InChI=1S/C26H22N4O4S/c31-23(29-30-24(32)17-35-22-10-4-6-18-7-5-15-27-25(18)22)16-28-26(33)19-11-13-21(14-12-19)34-20-8-2-1-3-9-20/h1-15H,16-17H2,(H,28,33)(H,29,31)(H,30,32). The highest BCUT2D eigenvalue weighted by Crippen LogP contribution is 2.25. The Bertz CT molecular complexity index is 1330. The number of benzene rings is 3. The predicted molar refractivity (Wildman–Crippen MR) is 134 cm³/mol. The number of amides is 3. The van der Waals surface area contributed by atoms with Crippen LogP contribution < -0.4 is 20.9 Å². The third-order valence-electron chi connectivity index (χ3n) is 4.80. The minimum absolute atomic E-state index is 0.0970. The summed E-state index contributed by atoms with van der Waals surface area (Å²) in [7, 11) is 0. The quantitative estimate of drug-likeness (QED) is 0.259. The number of nitrogens with one attached hydrogen (secondary N) is 3. The van der Waals surface area contributed by atoms with E-state index < -0.39 is 11.8 Å². The van der Waals surface area contributed by atoms with Crippen molar-refractivity contribution >= 4 is 40.4 Å². The van der Waals surface area contributed by atoms with Crippen molar-refractivity contribution in [3.05, 3.63) is 96.7 Å². The highest BCUT2D eigenvalue weighted by atomic mass is 32.2. The number of hydrazine groups is 1. The number of rotatable bonds is 8. The molecular weight excluding hydrogens is 464 g/mol. The molecule has 0 aliphatic heterocycles. The number of hydrogen-bond donors (Lipinski definition) is 3. The third kappa shape index (κ3) is 6.81. The van der Waals surface area contributed by atoms with Crippen LogP contribution in [0.25, 0.3) is 10.9 Å². The molecule has 176 valence electrons. The van der Waals surface area contributed by atoms with Gasteiger partial charge in [-0.15, -0.1) is 11.8 Å². The lowest BCUT2D eigenvalue weighted by atomic mass is 10.2. The molecule has 8 nitrogen and oxygen atoms in total. The maximum atomic E-state index is 12.3. The fourth-order valence-electron chi connectivity index (χ4n) is 3.12. The molecule has 4 rings (SSSR count). The zero-order valence-electron chi connectivity index (χ0n) is 18.6. The van der Waals surface area contributed by atoms with Gasteiger partial charge in [0, 0.05) is 22.0 Å². The van der Waals surface area contributed by atoms with Gasteiger partial charge in [-0.2, -0.15) is 0 Å². The van der Waals surface area contributed by atoms with Crippen LogP contribution in [-0.4, -0.2) is 35.0 Å². The molecule has 1 heterocycles. The summed E-state index contributed by atoms with van der Waals surface area (Å²) in [6, 6.07) is 25.4. The monoisotopic (exact) mass is 486 g/mol. The Morgan fingerprint density at radius 2 is 1.49 bits per heavy atom. The predicted octanol–water partition coefficient (Wildman–Crippen LogP) is 3.70. The normalized spacial score (nSPS) is 10.4. The Hall–Kier alpha value is -4.37. The first-order valence-electron chi connectivity index (χ1n) is 10.7. The molecule has 35 heavy (non-hydrogen) atoms. The molecule has 3 N–H and O–H groups in total.